The van der Waals surface area contributed by atoms with Gasteiger partial charge in [0.2, 0.25) is 0 Å². The van der Waals surface area contributed by atoms with Crippen LogP contribution in [0, 0.1) is 6.92 Å². The lowest BCUT2D eigenvalue weighted by Crippen LogP contribution is -2.03. The van der Waals surface area contributed by atoms with Crippen LogP contribution in [0.15, 0.2) is 22.7 Å². The van der Waals surface area contributed by atoms with Crippen molar-refractivity contribution in [3.05, 3.63) is 28.2 Å². The molecule has 0 spiro atoms. The van der Waals surface area contributed by atoms with Gasteiger partial charge < -0.3 is 5.32 Å². The molecule has 0 aliphatic rings. The van der Waals surface area contributed by atoms with Crippen molar-refractivity contribution in [3.63, 3.8) is 0 Å². The van der Waals surface area contributed by atoms with Gasteiger partial charge in [0.25, 0.3) is 0 Å². The van der Waals surface area contributed by atoms with Crippen molar-refractivity contribution in [1.29, 1.82) is 0 Å². The van der Waals surface area contributed by atoms with Crippen LogP contribution in [0.5, 0.6) is 0 Å². The number of nitrogens with one attached hydrogen (secondary N) is 1. The van der Waals surface area contributed by atoms with E-state index in [0.29, 0.717) is 0 Å². The Morgan fingerprint density at radius 1 is 1.50 bits per heavy atom. The first kappa shape index (κ1) is 9.93. The zero-order chi connectivity index (χ0) is 8.97. The third kappa shape index (κ3) is 2.72. The van der Waals surface area contributed by atoms with Gasteiger partial charge in [-0.2, -0.15) is 12.6 Å². The molecule has 0 unspecified atom stereocenters. The fourth-order valence-electron chi connectivity index (χ4n) is 0.975. The number of rotatable bonds is 3. The van der Waals surface area contributed by atoms with Gasteiger partial charge in [0, 0.05) is 22.5 Å². The van der Waals surface area contributed by atoms with Crippen LogP contribution in [0.1, 0.15) is 5.56 Å². The number of hydrogen-bond acceptors (Lipinski definition) is 2. The maximum atomic E-state index is 4.14. The molecule has 1 aromatic carbocycles. The monoisotopic (exact) mass is 245 g/mol. The largest absolute Gasteiger partial charge is 0.384 e. The second-order valence-electron chi connectivity index (χ2n) is 2.61. The van der Waals surface area contributed by atoms with Crippen molar-refractivity contribution >= 4 is 34.2 Å². The first-order valence-corrected chi connectivity index (χ1v) is 5.27. The van der Waals surface area contributed by atoms with E-state index in [1.165, 1.54) is 11.3 Å². The van der Waals surface area contributed by atoms with Crippen LogP contribution < -0.4 is 5.32 Å². The van der Waals surface area contributed by atoms with Crippen LogP contribution in [0.25, 0.3) is 0 Å². The summed E-state index contributed by atoms with van der Waals surface area (Å²) in [5, 5.41) is 3.30. The predicted octanol–water partition coefficient (Wildman–Crippen LogP) is 3.10. The fraction of sp³-hybridized carbons (Fsp3) is 0.333. The average molecular weight is 246 g/mol. The molecule has 0 aromatic heterocycles. The molecule has 1 nitrogen and oxygen atoms in total. The summed E-state index contributed by atoms with van der Waals surface area (Å²) < 4.78 is 1.11. The summed E-state index contributed by atoms with van der Waals surface area (Å²) in [4.78, 5) is 0. The molecule has 0 atom stereocenters. The first-order chi connectivity index (χ1) is 5.74. The predicted molar refractivity (Wildman–Crippen MR) is 61.2 cm³/mol. The Kier molecular flexibility index (Phi) is 3.95. The Morgan fingerprint density at radius 3 is 2.92 bits per heavy atom. The van der Waals surface area contributed by atoms with Gasteiger partial charge in [-0.1, -0.05) is 22.0 Å². The highest BCUT2D eigenvalue weighted by Crippen LogP contribution is 2.20. The Hall–Kier alpha value is -0.150. The van der Waals surface area contributed by atoms with Crippen molar-refractivity contribution in [2.75, 3.05) is 17.6 Å². The van der Waals surface area contributed by atoms with E-state index in [1.807, 2.05) is 6.07 Å². The number of anilines is 1. The third-order valence-corrected chi connectivity index (χ3v) is 2.34. The SMILES string of the molecule is Cc1ccc(Br)cc1NCCS. The molecular formula is C9H12BrNS. The van der Waals surface area contributed by atoms with Crippen LogP contribution in [-0.4, -0.2) is 12.3 Å². The highest BCUT2D eigenvalue weighted by Gasteiger charge is 1.96. The molecule has 0 bridgehead atoms. The van der Waals surface area contributed by atoms with E-state index in [9.17, 15) is 0 Å². The summed E-state index contributed by atoms with van der Waals surface area (Å²) in [6, 6.07) is 6.21. The van der Waals surface area contributed by atoms with Gasteiger partial charge >= 0.3 is 0 Å². The Balaban J connectivity index is 2.75. The number of thiol groups is 1. The minimum absolute atomic E-state index is 0.853. The fourth-order valence-corrected chi connectivity index (χ4v) is 1.45. The average Bonchev–Trinajstić information content (AvgIpc) is 2.07. The molecule has 0 amide bonds. The molecule has 0 aliphatic heterocycles. The molecule has 1 aromatic rings. The Morgan fingerprint density at radius 2 is 2.25 bits per heavy atom. The summed E-state index contributed by atoms with van der Waals surface area (Å²) in [5.41, 5.74) is 2.44. The lowest BCUT2D eigenvalue weighted by molar-refractivity contribution is 1.22. The second-order valence-corrected chi connectivity index (χ2v) is 3.97. The normalized spacial score (nSPS) is 9.92. The summed E-state index contributed by atoms with van der Waals surface area (Å²) >= 11 is 7.57. The highest BCUT2D eigenvalue weighted by molar-refractivity contribution is 9.10. The van der Waals surface area contributed by atoms with Crippen LogP contribution in [-0.2, 0) is 0 Å². The molecule has 66 valence electrons. The topological polar surface area (TPSA) is 12.0 Å². The van der Waals surface area contributed by atoms with Crippen molar-refractivity contribution in [3.8, 4) is 0 Å². The summed E-state index contributed by atoms with van der Waals surface area (Å²) in [6.45, 7) is 2.99. The van der Waals surface area contributed by atoms with Gasteiger partial charge in [-0.05, 0) is 24.6 Å². The number of aryl methyl sites for hydroxylation is 1. The minimum atomic E-state index is 0.853. The van der Waals surface area contributed by atoms with E-state index >= 15 is 0 Å². The van der Waals surface area contributed by atoms with Crippen molar-refractivity contribution in [2.45, 2.75) is 6.92 Å². The number of hydrogen-bond donors (Lipinski definition) is 2. The lowest BCUT2D eigenvalue weighted by atomic mass is 10.2. The van der Waals surface area contributed by atoms with E-state index in [4.69, 9.17) is 0 Å². The third-order valence-electron chi connectivity index (χ3n) is 1.63. The smallest absolute Gasteiger partial charge is 0.0381 e. The Labute approximate surface area is 87.1 Å². The number of halogens is 1. The molecule has 1 N–H and O–H groups in total. The van der Waals surface area contributed by atoms with Gasteiger partial charge in [-0.25, -0.2) is 0 Å². The zero-order valence-corrected chi connectivity index (χ0v) is 9.45. The van der Waals surface area contributed by atoms with Gasteiger partial charge in [0.15, 0.2) is 0 Å². The van der Waals surface area contributed by atoms with Crippen LogP contribution in [0.2, 0.25) is 0 Å². The Bertz CT molecular complexity index is 263. The van der Waals surface area contributed by atoms with E-state index in [0.717, 1.165) is 16.8 Å². The quantitative estimate of drug-likeness (QED) is 0.781. The van der Waals surface area contributed by atoms with Crippen LogP contribution >= 0.6 is 28.6 Å². The van der Waals surface area contributed by atoms with E-state index in [1.54, 1.807) is 0 Å². The molecule has 3 heteroatoms. The second kappa shape index (κ2) is 4.77. The first-order valence-electron chi connectivity index (χ1n) is 3.85. The highest BCUT2D eigenvalue weighted by atomic mass is 79.9. The van der Waals surface area contributed by atoms with Crippen molar-refractivity contribution in [1.82, 2.24) is 0 Å². The van der Waals surface area contributed by atoms with E-state index < -0.39 is 0 Å². The van der Waals surface area contributed by atoms with Gasteiger partial charge in [0.1, 0.15) is 0 Å². The van der Waals surface area contributed by atoms with Gasteiger partial charge in [-0.15, -0.1) is 0 Å². The number of benzene rings is 1. The molecule has 0 saturated carbocycles. The van der Waals surface area contributed by atoms with Crippen molar-refractivity contribution in [2.24, 2.45) is 0 Å². The summed E-state index contributed by atoms with van der Waals surface area (Å²) in [6.07, 6.45) is 0. The molecule has 0 aliphatic carbocycles. The van der Waals surface area contributed by atoms with E-state index in [-0.39, 0.29) is 0 Å². The van der Waals surface area contributed by atoms with Gasteiger partial charge in [0.05, 0.1) is 0 Å². The zero-order valence-electron chi connectivity index (χ0n) is 6.97. The standard InChI is InChI=1S/C9H12BrNS/c1-7-2-3-8(10)6-9(7)11-4-5-12/h2-3,6,11-12H,4-5H2,1H3. The molecule has 1 rings (SSSR count). The van der Waals surface area contributed by atoms with Crippen molar-refractivity contribution < 1.29 is 0 Å². The lowest BCUT2D eigenvalue weighted by Gasteiger charge is -2.07. The van der Waals surface area contributed by atoms with E-state index in [2.05, 4.69) is 52.9 Å². The molecule has 0 fully saturated rings. The van der Waals surface area contributed by atoms with Gasteiger partial charge in [-0.3, -0.25) is 0 Å². The molecular weight excluding hydrogens is 234 g/mol. The maximum absolute atomic E-state index is 4.14. The minimum Gasteiger partial charge on any atom is -0.384 e. The molecule has 0 radical (unpaired) electrons. The molecule has 0 heterocycles. The molecule has 12 heavy (non-hydrogen) atoms. The summed E-state index contributed by atoms with van der Waals surface area (Å²) in [5.74, 6) is 0.853. The van der Waals surface area contributed by atoms with Crippen LogP contribution in [0.4, 0.5) is 5.69 Å². The molecule has 0 saturated heterocycles. The van der Waals surface area contributed by atoms with Crippen LogP contribution in [0.3, 0.4) is 0 Å². The maximum Gasteiger partial charge on any atom is 0.0381 e. The summed E-state index contributed by atoms with van der Waals surface area (Å²) in [7, 11) is 0.